The molecule has 0 radical (unpaired) electrons. The molecule has 22 heavy (non-hydrogen) atoms. The maximum atomic E-state index is 6.16. The third-order valence-corrected chi connectivity index (χ3v) is 3.56. The molecule has 2 aromatic carbocycles. The van der Waals surface area contributed by atoms with Gasteiger partial charge in [0, 0.05) is 33.9 Å². The SMILES string of the molecule is CCCOc1c(CNc2ccc(Cl)cc2)cc(Cl)cc1OC. The normalized spacial score (nSPS) is 10.4. The summed E-state index contributed by atoms with van der Waals surface area (Å²) in [6.07, 6.45) is 0.926. The fourth-order valence-corrected chi connectivity index (χ4v) is 2.40. The Labute approximate surface area is 141 Å². The summed E-state index contributed by atoms with van der Waals surface area (Å²) in [5, 5.41) is 4.66. The summed E-state index contributed by atoms with van der Waals surface area (Å²) in [4.78, 5) is 0. The maximum absolute atomic E-state index is 6.16. The van der Waals surface area contributed by atoms with Gasteiger partial charge in [-0.05, 0) is 36.8 Å². The van der Waals surface area contributed by atoms with E-state index in [1.54, 1.807) is 13.2 Å². The second kappa shape index (κ2) is 8.16. The zero-order valence-corrected chi connectivity index (χ0v) is 14.2. The van der Waals surface area contributed by atoms with Gasteiger partial charge in [0.25, 0.3) is 0 Å². The lowest BCUT2D eigenvalue weighted by Gasteiger charge is -2.16. The molecule has 118 valence electrons. The van der Waals surface area contributed by atoms with Crippen molar-refractivity contribution in [1.82, 2.24) is 0 Å². The van der Waals surface area contributed by atoms with E-state index in [1.165, 1.54) is 0 Å². The molecular formula is C17H19Cl2NO2. The Bertz CT molecular complexity index is 615. The molecule has 0 spiro atoms. The van der Waals surface area contributed by atoms with Gasteiger partial charge in [0.05, 0.1) is 13.7 Å². The van der Waals surface area contributed by atoms with Crippen molar-refractivity contribution in [2.75, 3.05) is 19.0 Å². The molecule has 0 atom stereocenters. The van der Waals surface area contributed by atoms with Crippen LogP contribution in [0.15, 0.2) is 36.4 Å². The van der Waals surface area contributed by atoms with Crippen molar-refractivity contribution in [3.05, 3.63) is 52.0 Å². The summed E-state index contributed by atoms with van der Waals surface area (Å²) in [6.45, 7) is 3.28. The van der Waals surface area contributed by atoms with Crippen molar-refractivity contribution in [3.63, 3.8) is 0 Å². The van der Waals surface area contributed by atoms with Gasteiger partial charge in [-0.3, -0.25) is 0 Å². The molecule has 0 heterocycles. The fraction of sp³-hybridized carbons (Fsp3) is 0.294. The van der Waals surface area contributed by atoms with Crippen molar-refractivity contribution >= 4 is 28.9 Å². The van der Waals surface area contributed by atoms with E-state index in [0.29, 0.717) is 28.9 Å². The number of anilines is 1. The number of benzene rings is 2. The van der Waals surface area contributed by atoms with Gasteiger partial charge in [-0.15, -0.1) is 0 Å². The maximum Gasteiger partial charge on any atom is 0.166 e. The Balaban J connectivity index is 2.20. The lowest BCUT2D eigenvalue weighted by atomic mass is 10.1. The Morgan fingerprint density at radius 3 is 2.41 bits per heavy atom. The number of hydrogen-bond donors (Lipinski definition) is 1. The van der Waals surface area contributed by atoms with E-state index in [1.807, 2.05) is 30.3 Å². The first-order chi connectivity index (χ1) is 10.6. The number of rotatable bonds is 7. The van der Waals surface area contributed by atoms with Crippen LogP contribution in [0.1, 0.15) is 18.9 Å². The van der Waals surface area contributed by atoms with Crippen LogP contribution >= 0.6 is 23.2 Å². The number of hydrogen-bond acceptors (Lipinski definition) is 3. The lowest BCUT2D eigenvalue weighted by Crippen LogP contribution is -2.06. The van der Waals surface area contributed by atoms with E-state index in [2.05, 4.69) is 12.2 Å². The molecule has 3 nitrogen and oxygen atoms in total. The summed E-state index contributed by atoms with van der Waals surface area (Å²) in [5.41, 5.74) is 1.93. The van der Waals surface area contributed by atoms with Gasteiger partial charge in [0.15, 0.2) is 11.5 Å². The molecule has 0 aromatic heterocycles. The minimum absolute atomic E-state index is 0.581. The first-order valence-corrected chi connectivity index (χ1v) is 7.88. The lowest BCUT2D eigenvalue weighted by molar-refractivity contribution is 0.291. The molecule has 0 saturated carbocycles. The summed E-state index contributed by atoms with van der Waals surface area (Å²) < 4.78 is 11.2. The van der Waals surface area contributed by atoms with Crippen molar-refractivity contribution < 1.29 is 9.47 Å². The van der Waals surface area contributed by atoms with Crippen LogP contribution in [0.2, 0.25) is 10.0 Å². The molecule has 2 aromatic rings. The summed E-state index contributed by atoms with van der Waals surface area (Å²) >= 11 is 12.0. The molecule has 0 aliphatic heterocycles. The number of nitrogens with one attached hydrogen (secondary N) is 1. The monoisotopic (exact) mass is 339 g/mol. The molecule has 0 unspecified atom stereocenters. The van der Waals surface area contributed by atoms with E-state index >= 15 is 0 Å². The predicted octanol–water partition coefficient (Wildman–Crippen LogP) is 5.40. The molecule has 2 rings (SSSR count). The zero-order chi connectivity index (χ0) is 15.9. The average Bonchev–Trinajstić information content (AvgIpc) is 2.52. The molecule has 0 aliphatic rings. The van der Waals surface area contributed by atoms with Gasteiger partial charge in [0.1, 0.15) is 0 Å². The Hall–Kier alpha value is -1.58. The Morgan fingerprint density at radius 2 is 1.77 bits per heavy atom. The fourth-order valence-electron chi connectivity index (χ4n) is 2.04. The van der Waals surface area contributed by atoms with E-state index in [-0.39, 0.29) is 0 Å². The molecule has 0 saturated heterocycles. The molecule has 0 bridgehead atoms. The summed E-state index contributed by atoms with van der Waals surface area (Å²) in [7, 11) is 1.61. The van der Waals surface area contributed by atoms with Crippen LogP contribution in [-0.4, -0.2) is 13.7 Å². The quantitative estimate of drug-likeness (QED) is 0.732. The van der Waals surface area contributed by atoms with Crippen LogP contribution < -0.4 is 14.8 Å². The largest absolute Gasteiger partial charge is 0.493 e. The van der Waals surface area contributed by atoms with Gasteiger partial charge in [-0.2, -0.15) is 0 Å². The first kappa shape index (κ1) is 16.8. The summed E-state index contributed by atoms with van der Waals surface area (Å²) in [5.74, 6) is 1.38. The number of ether oxygens (including phenoxy) is 2. The molecule has 0 amide bonds. The highest BCUT2D eigenvalue weighted by molar-refractivity contribution is 6.31. The third kappa shape index (κ3) is 4.46. The number of halogens is 2. The zero-order valence-electron chi connectivity index (χ0n) is 12.7. The van der Waals surface area contributed by atoms with Gasteiger partial charge in [0.2, 0.25) is 0 Å². The molecule has 0 fully saturated rings. The van der Waals surface area contributed by atoms with Crippen LogP contribution in [0.25, 0.3) is 0 Å². The Morgan fingerprint density at radius 1 is 1.05 bits per heavy atom. The van der Waals surface area contributed by atoms with Crippen LogP contribution in [0, 0.1) is 0 Å². The van der Waals surface area contributed by atoms with Crippen LogP contribution in [0.5, 0.6) is 11.5 Å². The second-order valence-electron chi connectivity index (χ2n) is 4.81. The van der Waals surface area contributed by atoms with Crippen molar-refractivity contribution in [3.8, 4) is 11.5 Å². The van der Waals surface area contributed by atoms with Gasteiger partial charge in [-0.1, -0.05) is 30.1 Å². The van der Waals surface area contributed by atoms with E-state index in [4.69, 9.17) is 32.7 Å². The van der Waals surface area contributed by atoms with Crippen molar-refractivity contribution in [2.24, 2.45) is 0 Å². The average molecular weight is 340 g/mol. The van der Waals surface area contributed by atoms with Gasteiger partial charge < -0.3 is 14.8 Å². The molecule has 0 aliphatic carbocycles. The molecule has 1 N–H and O–H groups in total. The topological polar surface area (TPSA) is 30.5 Å². The van der Waals surface area contributed by atoms with Crippen LogP contribution in [-0.2, 0) is 6.54 Å². The molecule has 5 heteroatoms. The van der Waals surface area contributed by atoms with Gasteiger partial charge >= 0.3 is 0 Å². The molecular weight excluding hydrogens is 321 g/mol. The first-order valence-electron chi connectivity index (χ1n) is 7.12. The highest BCUT2D eigenvalue weighted by atomic mass is 35.5. The smallest absolute Gasteiger partial charge is 0.166 e. The summed E-state index contributed by atoms with van der Waals surface area (Å²) in [6, 6.07) is 11.2. The van der Waals surface area contributed by atoms with Gasteiger partial charge in [-0.25, -0.2) is 0 Å². The number of methoxy groups -OCH3 is 1. The highest BCUT2D eigenvalue weighted by Gasteiger charge is 2.12. The standard InChI is InChI=1S/C17H19Cl2NO2/c1-3-8-22-17-12(9-14(19)10-16(17)21-2)11-20-15-6-4-13(18)5-7-15/h4-7,9-10,20H,3,8,11H2,1-2H3. The minimum atomic E-state index is 0.581. The van der Waals surface area contributed by atoms with E-state index in [0.717, 1.165) is 23.4 Å². The van der Waals surface area contributed by atoms with Crippen LogP contribution in [0.3, 0.4) is 0 Å². The predicted molar refractivity (Wildman–Crippen MR) is 92.6 cm³/mol. The minimum Gasteiger partial charge on any atom is -0.493 e. The van der Waals surface area contributed by atoms with Crippen molar-refractivity contribution in [2.45, 2.75) is 19.9 Å². The van der Waals surface area contributed by atoms with E-state index < -0.39 is 0 Å². The van der Waals surface area contributed by atoms with Crippen molar-refractivity contribution in [1.29, 1.82) is 0 Å². The Kier molecular flexibility index (Phi) is 6.22. The highest BCUT2D eigenvalue weighted by Crippen LogP contribution is 2.35. The third-order valence-electron chi connectivity index (χ3n) is 3.09. The van der Waals surface area contributed by atoms with Crippen LogP contribution in [0.4, 0.5) is 5.69 Å². The second-order valence-corrected chi connectivity index (χ2v) is 5.68. The van der Waals surface area contributed by atoms with E-state index in [9.17, 15) is 0 Å².